The Morgan fingerprint density at radius 3 is 2.54 bits per heavy atom. The van der Waals surface area contributed by atoms with Crippen molar-refractivity contribution in [2.24, 2.45) is 0 Å². The molecule has 0 unspecified atom stereocenters. The molecule has 1 saturated carbocycles. The van der Waals surface area contributed by atoms with E-state index in [1.165, 1.54) is 13.3 Å². The number of fused-ring (bicyclic) bond motifs is 1. The molecule has 3 rings (SSSR count). The lowest BCUT2D eigenvalue weighted by atomic mass is 9.96. The van der Waals surface area contributed by atoms with Gasteiger partial charge in [0.2, 0.25) is 0 Å². The summed E-state index contributed by atoms with van der Waals surface area (Å²) in [6.45, 7) is 1.46. The molecular formula is C22H26N2O4. The van der Waals surface area contributed by atoms with E-state index in [0.29, 0.717) is 0 Å². The topological polar surface area (TPSA) is 84.5 Å². The number of esters is 1. The maximum absolute atomic E-state index is 12.3. The minimum atomic E-state index is -1.04. The van der Waals surface area contributed by atoms with E-state index < -0.39 is 24.0 Å². The number of imide groups is 1. The van der Waals surface area contributed by atoms with Gasteiger partial charge in [-0.3, -0.25) is 14.9 Å². The standard InChI is InChI=1S/C22H26N2O4/c1-15(21(26)24-22(27)23-18-11-3-2-4-12-18)28-20(25)14-17-10-7-9-16-8-5-6-13-19(16)17/h5-10,13,15,18H,2-4,11-12,14H2,1H3,(H2,23,24,26,27)/t15-/m0/s1. The third-order valence-corrected chi connectivity index (χ3v) is 5.07. The van der Waals surface area contributed by atoms with Crippen LogP contribution in [0.25, 0.3) is 10.8 Å². The van der Waals surface area contributed by atoms with Crippen LogP contribution in [-0.4, -0.2) is 30.1 Å². The number of ether oxygens (including phenoxy) is 1. The molecular weight excluding hydrogens is 356 g/mol. The van der Waals surface area contributed by atoms with Crippen LogP contribution >= 0.6 is 0 Å². The van der Waals surface area contributed by atoms with Crippen LogP contribution in [-0.2, 0) is 20.7 Å². The molecule has 0 aromatic heterocycles. The molecule has 1 fully saturated rings. The minimum absolute atomic E-state index is 0.0627. The Morgan fingerprint density at radius 2 is 1.75 bits per heavy atom. The van der Waals surface area contributed by atoms with Crippen LogP contribution < -0.4 is 10.6 Å². The Bertz CT molecular complexity index is 853. The van der Waals surface area contributed by atoms with Crippen LogP contribution in [0.3, 0.4) is 0 Å². The van der Waals surface area contributed by atoms with E-state index in [9.17, 15) is 14.4 Å². The fourth-order valence-electron chi connectivity index (χ4n) is 3.58. The number of rotatable bonds is 5. The Hall–Kier alpha value is -2.89. The Labute approximate surface area is 164 Å². The van der Waals surface area contributed by atoms with Gasteiger partial charge in [0.05, 0.1) is 6.42 Å². The predicted molar refractivity (Wildman–Crippen MR) is 107 cm³/mol. The number of hydrogen-bond donors (Lipinski definition) is 2. The normalized spacial score (nSPS) is 15.6. The van der Waals surface area contributed by atoms with E-state index in [1.54, 1.807) is 0 Å². The highest BCUT2D eigenvalue weighted by Crippen LogP contribution is 2.19. The van der Waals surface area contributed by atoms with Crippen LogP contribution in [0.15, 0.2) is 42.5 Å². The van der Waals surface area contributed by atoms with E-state index in [2.05, 4.69) is 10.6 Å². The highest BCUT2D eigenvalue weighted by atomic mass is 16.5. The number of amides is 3. The lowest BCUT2D eigenvalue weighted by molar-refractivity contribution is -0.153. The fraction of sp³-hybridized carbons (Fsp3) is 0.409. The summed E-state index contributed by atoms with van der Waals surface area (Å²) in [5, 5.41) is 7.08. The number of urea groups is 1. The smallest absolute Gasteiger partial charge is 0.321 e. The van der Waals surface area contributed by atoms with Crippen molar-refractivity contribution in [2.45, 2.75) is 57.6 Å². The zero-order valence-corrected chi connectivity index (χ0v) is 16.1. The highest BCUT2D eigenvalue weighted by Gasteiger charge is 2.22. The summed E-state index contributed by atoms with van der Waals surface area (Å²) in [7, 11) is 0. The zero-order valence-electron chi connectivity index (χ0n) is 16.1. The number of hydrogen-bond acceptors (Lipinski definition) is 4. The Morgan fingerprint density at radius 1 is 1.04 bits per heavy atom. The molecule has 2 aromatic carbocycles. The van der Waals surface area contributed by atoms with E-state index in [0.717, 1.165) is 42.0 Å². The quantitative estimate of drug-likeness (QED) is 0.776. The second-order valence-corrected chi connectivity index (χ2v) is 7.24. The molecule has 0 bridgehead atoms. The first-order chi connectivity index (χ1) is 13.5. The lowest BCUT2D eigenvalue weighted by Crippen LogP contribution is -2.48. The molecule has 0 saturated heterocycles. The Balaban J connectivity index is 1.50. The van der Waals surface area contributed by atoms with Gasteiger partial charge in [-0.15, -0.1) is 0 Å². The van der Waals surface area contributed by atoms with Crippen molar-refractivity contribution in [3.63, 3.8) is 0 Å². The summed E-state index contributed by atoms with van der Waals surface area (Å²) in [6, 6.07) is 13.1. The van der Waals surface area contributed by atoms with Crippen LogP contribution in [0.1, 0.15) is 44.6 Å². The van der Waals surface area contributed by atoms with Gasteiger partial charge in [0.15, 0.2) is 6.10 Å². The van der Waals surface area contributed by atoms with Crippen molar-refractivity contribution in [2.75, 3.05) is 0 Å². The second-order valence-electron chi connectivity index (χ2n) is 7.24. The third-order valence-electron chi connectivity index (χ3n) is 5.07. The maximum atomic E-state index is 12.3. The summed E-state index contributed by atoms with van der Waals surface area (Å²) < 4.78 is 5.22. The van der Waals surface area contributed by atoms with Crippen molar-refractivity contribution in [3.8, 4) is 0 Å². The summed E-state index contributed by atoms with van der Waals surface area (Å²) in [6.07, 6.45) is 4.23. The molecule has 0 heterocycles. The number of carbonyl (C=O) groups is 3. The number of nitrogens with one attached hydrogen (secondary N) is 2. The van der Waals surface area contributed by atoms with Gasteiger partial charge in [0.1, 0.15) is 0 Å². The van der Waals surface area contributed by atoms with Crippen molar-refractivity contribution in [3.05, 3.63) is 48.0 Å². The molecule has 6 nitrogen and oxygen atoms in total. The summed E-state index contributed by atoms with van der Waals surface area (Å²) in [5.74, 6) is -1.13. The van der Waals surface area contributed by atoms with E-state index in [4.69, 9.17) is 4.74 Å². The first-order valence-corrected chi connectivity index (χ1v) is 9.80. The maximum Gasteiger partial charge on any atom is 0.321 e. The summed E-state index contributed by atoms with van der Waals surface area (Å²) >= 11 is 0. The molecule has 1 aliphatic carbocycles. The number of carbonyl (C=O) groups excluding carboxylic acids is 3. The monoisotopic (exact) mass is 382 g/mol. The average Bonchev–Trinajstić information content (AvgIpc) is 2.69. The van der Waals surface area contributed by atoms with Gasteiger partial charge in [-0.05, 0) is 36.1 Å². The van der Waals surface area contributed by atoms with E-state index in [1.807, 2.05) is 42.5 Å². The molecule has 0 radical (unpaired) electrons. The molecule has 2 aromatic rings. The molecule has 0 spiro atoms. The molecule has 2 N–H and O–H groups in total. The van der Waals surface area contributed by atoms with Gasteiger partial charge in [-0.1, -0.05) is 61.7 Å². The highest BCUT2D eigenvalue weighted by molar-refractivity contribution is 5.97. The second kappa shape index (κ2) is 9.35. The summed E-state index contributed by atoms with van der Waals surface area (Å²) in [5.41, 5.74) is 0.839. The summed E-state index contributed by atoms with van der Waals surface area (Å²) in [4.78, 5) is 36.4. The largest absolute Gasteiger partial charge is 0.452 e. The molecule has 1 atom stereocenters. The first-order valence-electron chi connectivity index (χ1n) is 9.80. The zero-order chi connectivity index (χ0) is 19.9. The Kier molecular flexibility index (Phi) is 6.63. The molecule has 1 aliphatic rings. The van der Waals surface area contributed by atoms with Gasteiger partial charge >= 0.3 is 12.0 Å². The van der Waals surface area contributed by atoms with Crippen LogP contribution in [0.4, 0.5) is 4.79 Å². The van der Waals surface area contributed by atoms with Gasteiger partial charge in [0.25, 0.3) is 5.91 Å². The molecule has 28 heavy (non-hydrogen) atoms. The fourth-order valence-corrected chi connectivity index (χ4v) is 3.58. The average molecular weight is 382 g/mol. The van der Waals surface area contributed by atoms with Crippen molar-refractivity contribution >= 4 is 28.7 Å². The van der Waals surface area contributed by atoms with Gasteiger partial charge < -0.3 is 10.1 Å². The van der Waals surface area contributed by atoms with Crippen molar-refractivity contribution in [1.29, 1.82) is 0 Å². The molecule has 6 heteroatoms. The predicted octanol–water partition coefficient (Wildman–Crippen LogP) is 3.47. The first kappa shape index (κ1) is 19.9. The van der Waals surface area contributed by atoms with E-state index >= 15 is 0 Å². The van der Waals surface area contributed by atoms with Crippen molar-refractivity contribution < 1.29 is 19.1 Å². The van der Waals surface area contributed by atoms with Crippen LogP contribution in [0, 0.1) is 0 Å². The van der Waals surface area contributed by atoms with Crippen LogP contribution in [0.5, 0.6) is 0 Å². The molecule has 0 aliphatic heterocycles. The SMILES string of the molecule is C[C@H](OC(=O)Cc1cccc2ccccc12)C(=O)NC(=O)NC1CCCCC1. The lowest BCUT2D eigenvalue weighted by Gasteiger charge is -2.23. The van der Waals surface area contributed by atoms with Crippen molar-refractivity contribution in [1.82, 2.24) is 10.6 Å². The molecule has 3 amide bonds. The van der Waals surface area contributed by atoms with Gasteiger partial charge in [0, 0.05) is 6.04 Å². The van der Waals surface area contributed by atoms with Crippen LogP contribution in [0.2, 0.25) is 0 Å². The minimum Gasteiger partial charge on any atom is -0.452 e. The van der Waals surface area contributed by atoms with Gasteiger partial charge in [-0.25, -0.2) is 4.79 Å². The molecule has 148 valence electrons. The third kappa shape index (κ3) is 5.31. The van der Waals surface area contributed by atoms with E-state index in [-0.39, 0.29) is 12.5 Å². The number of benzene rings is 2. The van der Waals surface area contributed by atoms with Gasteiger partial charge in [-0.2, -0.15) is 0 Å².